The molecule has 13 heteroatoms. The Bertz CT molecular complexity index is 1560. The number of anilines is 1. The van der Waals surface area contributed by atoms with Gasteiger partial charge in [-0.15, -0.1) is 11.3 Å². The van der Waals surface area contributed by atoms with E-state index in [2.05, 4.69) is 14.9 Å². The lowest BCUT2D eigenvalue weighted by molar-refractivity contribution is 0.0923. The van der Waals surface area contributed by atoms with Crippen LogP contribution < -0.4 is 15.2 Å². The number of aromatic nitrogens is 1. The standard InChI is InChI=1S/C23H21ClN4O6S2/c1-11-10-12(2)18(33-22(25)30)13(3)16(11)23(7-5-8-26-23)20(29)19-15(6-9-35-19)36(31,32)28-21-17(24)14(4)27-34-21/h5-10,28H,1-4H3,(H2,25,30). The van der Waals surface area contributed by atoms with Gasteiger partial charge in [-0.2, -0.15) is 0 Å². The van der Waals surface area contributed by atoms with Crippen molar-refractivity contribution in [1.29, 1.82) is 0 Å². The number of hydrogen-bond donors (Lipinski definition) is 2. The number of hydrogen-bond acceptors (Lipinski definition) is 9. The molecular weight excluding hydrogens is 528 g/mol. The molecule has 3 heterocycles. The number of allylic oxidation sites excluding steroid dienone is 1. The van der Waals surface area contributed by atoms with E-state index in [1.807, 2.05) is 0 Å². The molecular formula is C23H21ClN4O6S2. The first-order chi connectivity index (χ1) is 16.9. The van der Waals surface area contributed by atoms with Gasteiger partial charge in [0.25, 0.3) is 15.9 Å². The van der Waals surface area contributed by atoms with Crippen molar-refractivity contribution >= 4 is 56.9 Å². The van der Waals surface area contributed by atoms with Crippen molar-refractivity contribution in [3.63, 3.8) is 0 Å². The van der Waals surface area contributed by atoms with Gasteiger partial charge in [-0.1, -0.05) is 22.8 Å². The van der Waals surface area contributed by atoms with Crippen LogP contribution in [0.2, 0.25) is 5.02 Å². The molecule has 0 radical (unpaired) electrons. The van der Waals surface area contributed by atoms with E-state index in [4.69, 9.17) is 26.6 Å². The number of sulfonamides is 1. The van der Waals surface area contributed by atoms with Gasteiger partial charge in [-0.25, -0.2) is 17.9 Å². The topological polar surface area (TPSA) is 154 Å². The van der Waals surface area contributed by atoms with Crippen molar-refractivity contribution in [1.82, 2.24) is 5.16 Å². The Hall–Kier alpha value is -3.48. The molecule has 1 atom stereocenters. The number of benzene rings is 1. The van der Waals surface area contributed by atoms with E-state index in [0.717, 1.165) is 11.3 Å². The Kier molecular flexibility index (Phi) is 6.54. The molecule has 0 aliphatic carbocycles. The summed E-state index contributed by atoms with van der Waals surface area (Å²) in [6.07, 6.45) is 3.64. The molecule has 2 aromatic heterocycles. The number of aryl methyl sites for hydroxylation is 3. The van der Waals surface area contributed by atoms with Crippen molar-refractivity contribution in [2.45, 2.75) is 38.1 Å². The normalized spacial score (nSPS) is 16.9. The van der Waals surface area contributed by atoms with E-state index in [0.29, 0.717) is 27.9 Å². The molecule has 188 valence electrons. The first-order valence-electron chi connectivity index (χ1n) is 10.5. The number of Topliss-reactive ketones (excluding diaryl/α,β-unsaturated/α-hetero) is 1. The largest absolute Gasteiger partial charge is 0.410 e. The molecule has 3 N–H and O–H groups in total. The molecule has 0 saturated carbocycles. The third-order valence-electron chi connectivity index (χ3n) is 5.68. The molecule has 10 nitrogen and oxygen atoms in total. The van der Waals surface area contributed by atoms with Crippen molar-refractivity contribution in [3.8, 4) is 5.75 Å². The highest BCUT2D eigenvalue weighted by atomic mass is 35.5. The van der Waals surface area contributed by atoms with Crippen LogP contribution in [0.5, 0.6) is 5.75 Å². The predicted octanol–water partition coefficient (Wildman–Crippen LogP) is 4.60. The molecule has 0 bridgehead atoms. The number of rotatable bonds is 7. The number of nitrogens with two attached hydrogens (primary N) is 1. The number of amides is 1. The van der Waals surface area contributed by atoms with E-state index in [1.165, 1.54) is 17.7 Å². The van der Waals surface area contributed by atoms with Crippen LogP contribution in [0.3, 0.4) is 0 Å². The average Bonchev–Trinajstić information content (AvgIpc) is 3.54. The molecule has 3 aromatic rings. The Labute approximate surface area is 215 Å². The van der Waals surface area contributed by atoms with Crippen molar-refractivity contribution in [2.75, 3.05) is 4.72 Å². The van der Waals surface area contributed by atoms with Crippen LogP contribution >= 0.6 is 22.9 Å². The third kappa shape index (κ3) is 4.21. The van der Waals surface area contributed by atoms with E-state index >= 15 is 0 Å². The lowest BCUT2D eigenvalue weighted by atomic mass is 9.79. The lowest BCUT2D eigenvalue weighted by Gasteiger charge is -2.28. The number of carbonyl (C=O) groups is 2. The van der Waals surface area contributed by atoms with Crippen LogP contribution in [0.15, 0.2) is 44.1 Å². The summed E-state index contributed by atoms with van der Waals surface area (Å²) in [6, 6.07) is 3.06. The summed E-state index contributed by atoms with van der Waals surface area (Å²) >= 11 is 7.02. The zero-order chi connectivity index (χ0) is 26.4. The third-order valence-corrected chi connectivity index (χ3v) is 8.54. The Balaban J connectivity index is 1.85. The molecule has 0 fully saturated rings. The average molecular weight is 549 g/mol. The minimum atomic E-state index is -4.28. The summed E-state index contributed by atoms with van der Waals surface area (Å²) in [5, 5.41) is 5.13. The number of ether oxygens (including phenoxy) is 1. The maximum atomic E-state index is 14.1. The minimum absolute atomic E-state index is 0.00867. The number of nitrogens with one attached hydrogen (secondary N) is 1. The SMILES string of the molecule is Cc1cc(C)c(C2(C(=O)c3sccc3S(=O)(=O)Nc3onc(C)c3Cl)C=CC=N2)c(C)c1OC(N)=O. The maximum absolute atomic E-state index is 14.1. The van der Waals surface area contributed by atoms with Crippen molar-refractivity contribution in [2.24, 2.45) is 10.7 Å². The Morgan fingerprint density at radius 1 is 1.22 bits per heavy atom. The van der Waals surface area contributed by atoms with Gasteiger partial charge in [0.05, 0.1) is 4.88 Å². The predicted molar refractivity (Wildman–Crippen MR) is 136 cm³/mol. The van der Waals surface area contributed by atoms with E-state index in [1.54, 1.807) is 45.9 Å². The zero-order valence-corrected chi connectivity index (χ0v) is 22.0. The summed E-state index contributed by atoms with van der Waals surface area (Å²) in [4.78, 5) is 29.8. The zero-order valence-electron chi connectivity index (χ0n) is 19.6. The van der Waals surface area contributed by atoms with Crippen LogP contribution in [-0.2, 0) is 15.6 Å². The molecule has 1 amide bonds. The van der Waals surface area contributed by atoms with Gasteiger partial charge in [0.15, 0.2) is 5.54 Å². The summed E-state index contributed by atoms with van der Waals surface area (Å²) in [5.74, 6) is -0.629. The number of thiophene rings is 1. The Morgan fingerprint density at radius 3 is 2.53 bits per heavy atom. The molecule has 0 saturated heterocycles. The summed E-state index contributed by atoms with van der Waals surface area (Å²) < 4.78 is 38.9. The van der Waals surface area contributed by atoms with Gasteiger partial charge in [0, 0.05) is 11.8 Å². The van der Waals surface area contributed by atoms with E-state index in [9.17, 15) is 18.0 Å². The van der Waals surface area contributed by atoms with Crippen LogP contribution in [0, 0.1) is 27.7 Å². The monoisotopic (exact) mass is 548 g/mol. The number of primary amides is 1. The summed E-state index contributed by atoms with van der Waals surface area (Å²) in [7, 11) is -4.28. The summed E-state index contributed by atoms with van der Waals surface area (Å²) in [5.41, 5.74) is 6.24. The maximum Gasteiger partial charge on any atom is 0.409 e. The van der Waals surface area contributed by atoms with Crippen molar-refractivity contribution < 1.29 is 27.3 Å². The van der Waals surface area contributed by atoms with Gasteiger partial charge < -0.3 is 15.0 Å². The molecule has 1 aromatic carbocycles. The fraction of sp³-hybridized carbons (Fsp3) is 0.217. The second-order valence-corrected chi connectivity index (χ2v) is 11.1. The molecule has 4 rings (SSSR count). The second kappa shape index (κ2) is 9.19. The van der Waals surface area contributed by atoms with Crippen LogP contribution in [0.25, 0.3) is 0 Å². The van der Waals surface area contributed by atoms with E-state index in [-0.39, 0.29) is 26.4 Å². The van der Waals surface area contributed by atoms with Gasteiger partial charge >= 0.3 is 6.09 Å². The van der Waals surface area contributed by atoms with Crippen LogP contribution in [-0.4, -0.2) is 31.7 Å². The van der Waals surface area contributed by atoms with E-state index < -0.39 is 27.4 Å². The highest BCUT2D eigenvalue weighted by Crippen LogP contribution is 2.44. The fourth-order valence-electron chi connectivity index (χ4n) is 4.24. The van der Waals surface area contributed by atoms with Gasteiger partial charge in [-0.3, -0.25) is 9.79 Å². The molecule has 0 spiro atoms. The lowest BCUT2D eigenvalue weighted by Crippen LogP contribution is -2.33. The van der Waals surface area contributed by atoms with Gasteiger partial charge in [0.1, 0.15) is 21.4 Å². The number of ketones is 1. The number of nitrogens with zero attached hydrogens (tertiary/aromatic N) is 2. The van der Waals surface area contributed by atoms with Gasteiger partial charge in [0.2, 0.25) is 5.78 Å². The fourth-order valence-corrected chi connectivity index (χ4v) is 6.84. The first-order valence-corrected chi connectivity index (χ1v) is 13.2. The van der Waals surface area contributed by atoms with Crippen molar-refractivity contribution in [3.05, 3.63) is 67.5 Å². The molecule has 1 aliphatic heterocycles. The van der Waals surface area contributed by atoms with Gasteiger partial charge in [-0.05, 0) is 68.0 Å². The number of carbonyl (C=O) groups excluding carboxylic acids is 2. The van der Waals surface area contributed by atoms with Crippen LogP contribution in [0.1, 0.15) is 37.6 Å². The smallest absolute Gasteiger partial charge is 0.409 e. The number of halogens is 1. The first kappa shape index (κ1) is 25.6. The number of aliphatic imine (C=N–C) groups is 1. The molecule has 1 unspecified atom stereocenters. The van der Waals surface area contributed by atoms with Crippen LogP contribution in [0.4, 0.5) is 10.7 Å². The minimum Gasteiger partial charge on any atom is -0.410 e. The quantitative estimate of drug-likeness (QED) is 0.409. The summed E-state index contributed by atoms with van der Waals surface area (Å²) in [6.45, 7) is 6.78. The Morgan fingerprint density at radius 2 is 1.94 bits per heavy atom. The highest BCUT2D eigenvalue weighted by Gasteiger charge is 2.45. The molecule has 1 aliphatic rings. The highest BCUT2D eigenvalue weighted by molar-refractivity contribution is 7.93. The molecule has 36 heavy (non-hydrogen) atoms. The second-order valence-electron chi connectivity index (χ2n) is 8.12.